The Bertz CT molecular complexity index is 1300. The molecule has 2 saturated heterocycles. The van der Waals surface area contributed by atoms with Crippen LogP contribution in [0.25, 0.3) is 0 Å². The molecule has 1 N–H and O–H groups in total. The van der Waals surface area contributed by atoms with Crippen molar-refractivity contribution in [2.24, 2.45) is 0 Å². The highest BCUT2D eigenvalue weighted by molar-refractivity contribution is 6.05. The number of piperidine rings is 1. The molecule has 3 amide bonds. The van der Waals surface area contributed by atoms with Crippen LogP contribution in [0.15, 0.2) is 65.3 Å². The topological polar surface area (TPSA) is 86.1 Å². The first-order valence-electron chi connectivity index (χ1n) is 13.1. The highest BCUT2D eigenvalue weighted by atomic mass is 19.1. The van der Waals surface area contributed by atoms with Crippen LogP contribution < -0.4 is 10.2 Å². The molecule has 8 nitrogen and oxygen atoms in total. The van der Waals surface area contributed by atoms with Crippen LogP contribution in [0.5, 0.6) is 0 Å². The van der Waals surface area contributed by atoms with Gasteiger partial charge in [0.05, 0.1) is 11.8 Å². The zero-order chi connectivity index (χ0) is 26.5. The monoisotopic (exact) mass is 518 g/mol. The number of amides is 3. The number of carbonyl (C=O) groups is 3. The van der Waals surface area contributed by atoms with E-state index in [1.54, 1.807) is 35.2 Å². The van der Waals surface area contributed by atoms with Gasteiger partial charge in [0.2, 0.25) is 0 Å². The minimum absolute atomic E-state index is 0.0641. The predicted molar refractivity (Wildman–Crippen MR) is 142 cm³/mol. The SMILES string of the molecule is O=C(Nc1ccc(N2CCCN(C(=O)c3cccc(F)c3)CC2)c(C(=O)N2CCCCC2)c1)c1ccco1. The number of anilines is 2. The average Bonchev–Trinajstić information content (AvgIpc) is 3.38. The molecule has 0 unspecified atom stereocenters. The first-order valence-corrected chi connectivity index (χ1v) is 13.1. The summed E-state index contributed by atoms with van der Waals surface area (Å²) in [5.74, 6) is -0.904. The number of halogens is 1. The highest BCUT2D eigenvalue weighted by Crippen LogP contribution is 2.28. The molecule has 2 fully saturated rings. The van der Waals surface area contributed by atoms with Crippen LogP contribution in [0.3, 0.4) is 0 Å². The Kier molecular flexibility index (Phi) is 7.72. The van der Waals surface area contributed by atoms with Crippen molar-refractivity contribution in [3.05, 3.63) is 83.6 Å². The molecule has 198 valence electrons. The molecule has 38 heavy (non-hydrogen) atoms. The second-order valence-corrected chi connectivity index (χ2v) is 9.66. The second kappa shape index (κ2) is 11.5. The third-order valence-corrected chi connectivity index (χ3v) is 7.07. The summed E-state index contributed by atoms with van der Waals surface area (Å²) >= 11 is 0. The molecule has 9 heteroatoms. The molecule has 0 saturated carbocycles. The standard InChI is InChI=1S/C29H31FN4O4/c30-22-8-4-7-21(19-22)28(36)34-15-6-14-32(16-17-34)25-11-10-23(31-27(35)26-9-5-18-38-26)20-24(25)29(37)33-12-2-1-3-13-33/h4-5,7-11,18-20H,1-3,6,12-17H2,(H,31,35). The zero-order valence-corrected chi connectivity index (χ0v) is 21.2. The molecule has 5 rings (SSSR count). The number of hydrogen-bond donors (Lipinski definition) is 1. The van der Waals surface area contributed by atoms with Crippen LogP contribution in [0.4, 0.5) is 15.8 Å². The summed E-state index contributed by atoms with van der Waals surface area (Å²) in [7, 11) is 0. The quantitative estimate of drug-likeness (QED) is 0.532. The van der Waals surface area contributed by atoms with E-state index in [4.69, 9.17) is 4.42 Å². The van der Waals surface area contributed by atoms with Gasteiger partial charge in [-0.15, -0.1) is 0 Å². The molecule has 0 bridgehead atoms. The van der Waals surface area contributed by atoms with Crippen LogP contribution in [-0.4, -0.2) is 66.8 Å². The van der Waals surface area contributed by atoms with Crippen LogP contribution in [0.2, 0.25) is 0 Å². The largest absolute Gasteiger partial charge is 0.459 e. The molecule has 0 atom stereocenters. The van der Waals surface area contributed by atoms with E-state index in [2.05, 4.69) is 10.2 Å². The Morgan fingerprint density at radius 2 is 1.55 bits per heavy atom. The highest BCUT2D eigenvalue weighted by Gasteiger charge is 2.26. The van der Waals surface area contributed by atoms with Gasteiger partial charge in [-0.25, -0.2) is 4.39 Å². The van der Waals surface area contributed by atoms with Crippen molar-refractivity contribution in [2.75, 3.05) is 49.5 Å². The molecule has 0 spiro atoms. The first kappa shape index (κ1) is 25.5. The van der Waals surface area contributed by atoms with Crippen molar-refractivity contribution in [1.29, 1.82) is 0 Å². The molecular formula is C29H31FN4O4. The fraction of sp³-hybridized carbons (Fsp3) is 0.345. The Morgan fingerprint density at radius 1 is 0.763 bits per heavy atom. The molecule has 0 aliphatic carbocycles. The number of furan rings is 1. The minimum atomic E-state index is -0.438. The van der Waals surface area contributed by atoms with E-state index in [1.165, 1.54) is 24.5 Å². The number of rotatable bonds is 5. The van der Waals surface area contributed by atoms with Crippen LogP contribution in [-0.2, 0) is 0 Å². The van der Waals surface area contributed by atoms with Crippen molar-refractivity contribution >= 4 is 29.1 Å². The summed E-state index contributed by atoms with van der Waals surface area (Å²) in [5, 5.41) is 2.82. The van der Waals surface area contributed by atoms with Gasteiger partial charge in [0.25, 0.3) is 17.7 Å². The van der Waals surface area contributed by atoms with E-state index in [0.29, 0.717) is 62.5 Å². The smallest absolute Gasteiger partial charge is 0.291 e. The molecule has 0 radical (unpaired) electrons. The normalized spacial score (nSPS) is 16.2. The predicted octanol–water partition coefficient (Wildman–Crippen LogP) is 4.65. The summed E-state index contributed by atoms with van der Waals surface area (Å²) in [6.07, 6.45) is 5.19. The Balaban J connectivity index is 1.38. The lowest BCUT2D eigenvalue weighted by molar-refractivity contribution is 0.0723. The van der Waals surface area contributed by atoms with Gasteiger partial charge in [-0.2, -0.15) is 0 Å². The lowest BCUT2D eigenvalue weighted by Gasteiger charge is -2.30. The summed E-state index contributed by atoms with van der Waals surface area (Å²) < 4.78 is 18.9. The van der Waals surface area contributed by atoms with Crippen LogP contribution in [0.1, 0.15) is 57.0 Å². The van der Waals surface area contributed by atoms with Crippen molar-refractivity contribution in [2.45, 2.75) is 25.7 Å². The second-order valence-electron chi connectivity index (χ2n) is 9.66. The van der Waals surface area contributed by atoms with Gasteiger partial charge in [0.15, 0.2) is 5.76 Å². The lowest BCUT2D eigenvalue weighted by Crippen LogP contribution is -2.38. The van der Waals surface area contributed by atoms with Gasteiger partial charge in [0.1, 0.15) is 5.82 Å². The molecule has 1 aromatic heterocycles. The number of nitrogens with one attached hydrogen (secondary N) is 1. The van der Waals surface area contributed by atoms with Gasteiger partial charge in [-0.3, -0.25) is 14.4 Å². The van der Waals surface area contributed by atoms with E-state index in [9.17, 15) is 18.8 Å². The molecule has 3 aromatic rings. The van der Waals surface area contributed by atoms with E-state index in [1.807, 2.05) is 11.0 Å². The van der Waals surface area contributed by atoms with E-state index >= 15 is 0 Å². The molecule has 3 heterocycles. The number of carbonyl (C=O) groups excluding carboxylic acids is 3. The van der Waals surface area contributed by atoms with Gasteiger partial charge in [-0.1, -0.05) is 6.07 Å². The Morgan fingerprint density at radius 3 is 2.32 bits per heavy atom. The summed E-state index contributed by atoms with van der Waals surface area (Å²) in [4.78, 5) is 45.0. The number of likely N-dealkylation sites (tertiary alicyclic amines) is 1. The van der Waals surface area contributed by atoms with Crippen LogP contribution >= 0.6 is 0 Å². The number of nitrogens with zero attached hydrogens (tertiary/aromatic N) is 3. The van der Waals surface area contributed by atoms with Crippen molar-refractivity contribution in [3.63, 3.8) is 0 Å². The fourth-order valence-electron chi connectivity index (χ4n) is 5.09. The van der Waals surface area contributed by atoms with Crippen LogP contribution in [0, 0.1) is 5.82 Å². The Hall–Kier alpha value is -4.14. The maximum Gasteiger partial charge on any atom is 0.291 e. The van der Waals surface area contributed by atoms with Gasteiger partial charge < -0.3 is 24.4 Å². The van der Waals surface area contributed by atoms with E-state index in [-0.39, 0.29) is 23.5 Å². The van der Waals surface area contributed by atoms with Gasteiger partial charge in [0, 0.05) is 56.2 Å². The number of benzene rings is 2. The van der Waals surface area contributed by atoms with Crippen molar-refractivity contribution in [3.8, 4) is 0 Å². The minimum Gasteiger partial charge on any atom is -0.459 e. The maximum absolute atomic E-state index is 13.7. The fourth-order valence-corrected chi connectivity index (χ4v) is 5.09. The average molecular weight is 519 g/mol. The maximum atomic E-state index is 13.7. The van der Waals surface area contributed by atoms with Gasteiger partial charge >= 0.3 is 0 Å². The van der Waals surface area contributed by atoms with Crippen molar-refractivity contribution in [1.82, 2.24) is 9.80 Å². The van der Waals surface area contributed by atoms with Crippen molar-refractivity contribution < 1.29 is 23.2 Å². The zero-order valence-electron chi connectivity index (χ0n) is 21.2. The van der Waals surface area contributed by atoms with Gasteiger partial charge in [-0.05, 0) is 74.2 Å². The van der Waals surface area contributed by atoms with E-state index < -0.39 is 5.82 Å². The van der Waals surface area contributed by atoms with E-state index in [0.717, 1.165) is 24.9 Å². The third kappa shape index (κ3) is 5.72. The number of hydrogen-bond acceptors (Lipinski definition) is 5. The summed E-state index contributed by atoms with van der Waals surface area (Å²) in [6.45, 7) is 3.58. The lowest BCUT2D eigenvalue weighted by atomic mass is 10.1. The molecule has 2 aliphatic heterocycles. The molecular weight excluding hydrogens is 487 g/mol. The molecule has 2 aromatic carbocycles. The summed E-state index contributed by atoms with van der Waals surface area (Å²) in [6, 6.07) is 14.3. The Labute approximate surface area is 221 Å². The third-order valence-electron chi connectivity index (χ3n) is 7.07. The first-order chi connectivity index (χ1) is 18.5. The summed E-state index contributed by atoms with van der Waals surface area (Å²) in [5.41, 5.74) is 2.13. The molecule has 2 aliphatic rings.